The number of carbonyl (C=O) groups excluding carboxylic acids is 1. The van der Waals surface area contributed by atoms with Gasteiger partial charge in [-0.15, -0.1) is 6.58 Å². The maximum atomic E-state index is 10.2. The van der Waals surface area contributed by atoms with Crippen LogP contribution in [-0.2, 0) is 4.79 Å². The van der Waals surface area contributed by atoms with Crippen molar-refractivity contribution >= 4 is 5.97 Å². The van der Waals surface area contributed by atoms with Gasteiger partial charge in [-0.05, 0) is 44.9 Å². The predicted octanol–water partition coefficient (Wildman–Crippen LogP) is 0.326. The normalized spacial score (nSPS) is 11.2. The van der Waals surface area contributed by atoms with E-state index in [2.05, 4.69) is 43.0 Å². The largest absolute Gasteiger partial charge is 1.00 e. The van der Waals surface area contributed by atoms with Crippen molar-refractivity contribution in [1.82, 2.24) is 0 Å². The van der Waals surface area contributed by atoms with Crippen molar-refractivity contribution in [2.24, 2.45) is 0 Å². The summed E-state index contributed by atoms with van der Waals surface area (Å²) >= 11 is 0. The van der Waals surface area contributed by atoms with E-state index in [1.807, 2.05) is 6.08 Å². The van der Waals surface area contributed by atoms with Crippen LogP contribution in [0.5, 0.6) is 0 Å². The van der Waals surface area contributed by atoms with Crippen LogP contribution in [0, 0.1) is 0 Å². The molecule has 0 aliphatic rings. The van der Waals surface area contributed by atoms with E-state index >= 15 is 0 Å². The quantitative estimate of drug-likeness (QED) is 0.312. The van der Waals surface area contributed by atoms with Crippen molar-refractivity contribution in [3.63, 3.8) is 0 Å². The molecular weight excluding hydrogens is 263 g/mol. The van der Waals surface area contributed by atoms with E-state index in [1.54, 1.807) is 0 Å². The number of hydrogen-bond donors (Lipinski definition) is 0. The van der Waals surface area contributed by atoms with Gasteiger partial charge in [0.2, 0.25) is 0 Å². The molecule has 0 aromatic carbocycles. The first kappa shape index (κ1) is 21.4. The molecule has 0 bridgehead atoms. The van der Waals surface area contributed by atoms with Gasteiger partial charge in [0.05, 0.1) is 0 Å². The van der Waals surface area contributed by atoms with Crippen molar-refractivity contribution in [3.05, 3.63) is 49.1 Å². The molecule has 0 N–H and O–H groups in total. The smallest absolute Gasteiger partial charge is 0.550 e. The van der Waals surface area contributed by atoms with Crippen LogP contribution in [0.3, 0.4) is 0 Å². The molecule has 0 saturated carbocycles. The Balaban J connectivity index is 0. The van der Waals surface area contributed by atoms with E-state index in [0.717, 1.165) is 32.1 Å². The summed E-state index contributed by atoms with van der Waals surface area (Å²) in [5.41, 5.74) is 0. The van der Waals surface area contributed by atoms with Gasteiger partial charge in [0, 0.05) is 5.97 Å². The molecule has 0 amide bonds. The number of allylic oxidation sites excluding steroid dienone is 7. The number of rotatable bonds is 11. The molecule has 0 aromatic heterocycles. The van der Waals surface area contributed by atoms with Crippen LogP contribution in [0.25, 0.3) is 0 Å². The number of unbranched alkanes of at least 4 members (excludes halogenated alkanes) is 2. The summed E-state index contributed by atoms with van der Waals surface area (Å²) in [6, 6.07) is 0. The molecule has 0 aliphatic carbocycles. The molecule has 0 atom stereocenters. The molecule has 0 unspecified atom stereocenters. The molecule has 0 spiro atoms. The number of aliphatic carboxylic acids is 1. The number of carbonyl (C=O) groups is 1. The van der Waals surface area contributed by atoms with Crippen molar-refractivity contribution in [3.8, 4) is 0 Å². The van der Waals surface area contributed by atoms with E-state index in [0.29, 0.717) is 6.42 Å². The fourth-order valence-corrected chi connectivity index (χ4v) is 1.38. The predicted molar refractivity (Wildman–Crippen MR) is 74.9 cm³/mol. The van der Waals surface area contributed by atoms with Crippen LogP contribution in [0.15, 0.2) is 49.1 Å². The zero-order valence-electron chi connectivity index (χ0n) is 12.0. The molecule has 3 heteroatoms. The minimum Gasteiger partial charge on any atom is -0.550 e. The topological polar surface area (TPSA) is 40.1 Å². The van der Waals surface area contributed by atoms with Gasteiger partial charge in [-0.1, -0.05) is 42.5 Å². The van der Waals surface area contributed by atoms with Crippen molar-refractivity contribution in [2.75, 3.05) is 0 Å². The summed E-state index contributed by atoms with van der Waals surface area (Å²) in [6.07, 6.45) is 20.2. The molecule has 0 aliphatic heterocycles. The van der Waals surface area contributed by atoms with Gasteiger partial charge >= 0.3 is 51.4 Å². The molecule has 2 nitrogen and oxygen atoms in total. The van der Waals surface area contributed by atoms with Crippen molar-refractivity contribution in [2.45, 2.75) is 44.9 Å². The monoisotopic (exact) mass is 286 g/mol. The molecular formula is C16H23KO2. The Hall–Kier alpha value is 0.0664. The standard InChI is InChI=1S/C16H24O2.K/c1-2-3-4-5-6-7-8-9-10-11-12-13-14-15-16(17)18;/h2,4-5,7-8,10-11H,1,3,6,9,12-15H2,(H,17,18);/q;+1/p-1/b5-4+,8-7+,11-10+;. The Morgan fingerprint density at radius 1 is 0.895 bits per heavy atom. The average molecular weight is 286 g/mol. The first-order valence-corrected chi connectivity index (χ1v) is 6.53. The van der Waals surface area contributed by atoms with E-state index in [1.165, 1.54) is 0 Å². The summed E-state index contributed by atoms with van der Waals surface area (Å²) < 4.78 is 0. The van der Waals surface area contributed by atoms with Gasteiger partial charge in [-0.25, -0.2) is 0 Å². The van der Waals surface area contributed by atoms with Gasteiger partial charge in [-0.2, -0.15) is 0 Å². The molecule has 100 valence electrons. The zero-order chi connectivity index (χ0) is 13.5. The Bertz CT molecular complexity index is 304. The van der Waals surface area contributed by atoms with E-state index < -0.39 is 5.97 Å². The molecule has 0 radical (unpaired) electrons. The molecule has 0 saturated heterocycles. The van der Waals surface area contributed by atoms with Crippen molar-refractivity contribution in [1.29, 1.82) is 0 Å². The van der Waals surface area contributed by atoms with E-state index in [9.17, 15) is 9.90 Å². The first-order valence-electron chi connectivity index (χ1n) is 6.53. The maximum Gasteiger partial charge on any atom is 1.00 e. The fourth-order valence-electron chi connectivity index (χ4n) is 1.38. The third-order valence-corrected chi connectivity index (χ3v) is 2.35. The Morgan fingerprint density at radius 3 is 1.95 bits per heavy atom. The Morgan fingerprint density at radius 2 is 1.42 bits per heavy atom. The van der Waals surface area contributed by atoms with Crippen LogP contribution in [0.4, 0.5) is 0 Å². The molecule has 0 aromatic rings. The Labute approximate surface area is 159 Å². The Kier molecular flexibility index (Phi) is 20.3. The summed E-state index contributed by atoms with van der Waals surface area (Å²) in [6.45, 7) is 3.64. The van der Waals surface area contributed by atoms with Gasteiger partial charge in [0.15, 0.2) is 0 Å². The third kappa shape index (κ3) is 20.5. The summed E-state index contributed by atoms with van der Waals surface area (Å²) in [4.78, 5) is 10.2. The van der Waals surface area contributed by atoms with Gasteiger partial charge < -0.3 is 9.90 Å². The van der Waals surface area contributed by atoms with Crippen LogP contribution in [0.1, 0.15) is 44.9 Å². The summed E-state index contributed by atoms with van der Waals surface area (Å²) in [5, 5.41) is 10.2. The second kappa shape index (κ2) is 18.1. The van der Waals surface area contributed by atoms with Gasteiger partial charge in [0.1, 0.15) is 0 Å². The second-order valence-electron chi connectivity index (χ2n) is 4.03. The van der Waals surface area contributed by atoms with E-state index in [-0.39, 0.29) is 57.8 Å². The fraction of sp³-hybridized carbons (Fsp3) is 0.438. The third-order valence-electron chi connectivity index (χ3n) is 2.35. The minimum absolute atomic E-state index is 0. The molecule has 0 fully saturated rings. The molecule has 0 rings (SSSR count). The van der Waals surface area contributed by atoms with Crippen LogP contribution in [0.2, 0.25) is 0 Å². The number of carboxylic acid groups (broad SMARTS) is 1. The summed E-state index contributed by atoms with van der Waals surface area (Å²) in [5.74, 6) is -0.952. The van der Waals surface area contributed by atoms with E-state index in [4.69, 9.17) is 0 Å². The maximum absolute atomic E-state index is 10.2. The number of hydrogen-bond acceptors (Lipinski definition) is 2. The second-order valence-corrected chi connectivity index (χ2v) is 4.03. The van der Waals surface area contributed by atoms with Gasteiger partial charge in [0.25, 0.3) is 0 Å². The molecule has 19 heavy (non-hydrogen) atoms. The zero-order valence-corrected chi connectivity index (χ0v) is 15.1. The SMILES string of the molecule is C=CC/C=C/C/C=C/C/C=C/CCCCC(=O)[O-].[K+]. The van der Waals surface area contributed by atoms with Crippen LogP contribution >= 0.6 is 0 Å². The van der Waals surface area contributed by atoms with Gasteiger partial charge in [-0.3, -0.25) is 0 Å². The average Bonchev–Trinajstić information content (AvgIpc) is 2.34. The minimum atomic E-state index is -0.952. The first-order chi connectivity index (χ1) is 8.77. The van der Waals surface area contributed by atoms with Crippen LogP contribution in [-0.4, -0.2) is 5.97 Å². The van der Waals surface area contributed by atoms with Crippen molar-refractivity contribution < 1.29 is 61.3 Å². The number of carboxylic acids is 1. The summed E-state index contributed by atoms with van der Waals surface area (Å²) in [7, 11) is 0. The molecule has 0 heterocycles. The van der Waals surface area contributed by atoms with Crippen LogP contribution < -0.4 is 56.5 Å².